The first kappa shape index (κ1) is 14.7. The molecular formula is C15H18O5. The van der Waals surface area contributed by atoms with Gasteiger partial charge in [-0.05, 0) is 31.6 Å². The molecule has 0 fully saturated rings. The van der Waals surface area contributed by atoms with Crippen LogP contribution in [0.15, 0.2) is 47.8 Å². The van der Waals surface area contributed by atoms with Crippen molar-refractivity contribution in [2.24, 2.45) is 0 Å². The molecule has 0 spiro atoms. The Hall–Kier alpha value is -1.69. The molecule has 1 aliphatic heterocycles. The van der Waals surface area contributed by atoms with Crippen LogP contribution in [0.3, 0.4) is 0 Å². The molecule has 0 unspecified atom stereocenters. The number of aliphatic hydroxyl groups is 3. The van der Waals surface area contributed by atoms with Gasteiger partial charge in [0.15, 0.2) is 11.4 Å². The highest BCUT2D eigenvalue weighted by atomic mass is 16.5. The van der Waals surface area contributed by atoms with Crippen LogP contribution in [0.5, 0.6) is 0 Å². The molecule has 0 saturated carbocycles. The summed E-state index contributed by atoms with van der Waals surface area (Å²) in [4.78, 5) is 11.8. The van der Waals surface area contributed by atoms with Gasteiger partial charge in [-0.2, -0.15) is 0 Å². The van der Waals surface area contributed by atoms with Crippen molar-refractivity contribution < 1.29 is 24.9 Å². The molecule has 0 aromatic rings. The molecule has 4 atom stereocenters. The number of fused-ring (bicyclic) bond motifs is 1. The molecule has 20 heavy (non-hydrogen) atoms. The largest absolute Gasteiger partial charge is 0.490 e. The number of ketones is 1. The van der Waals surface area contributed by atoms with Crippen LogP contribution in [0, 0.1) is 0 Å². The van der Waals surface area contributed by atoms with Gasteiger partial charge < -0.3 is 20.1 Å². The molecule has 0 aromatic carbocycles. The van der Waals surface area contributed by atoms with Crippen molar-refractivity contribution in [3.8, 4) is 0 Å². The summed E-state index contributed by atoms with van der Waals surface area (Å²) in [6.07, 6.45) is 6.34. The summed E-state index contributed by atoms with van der Waals surface area (Å²) in [6.45, 7) is 3.10. The van der Waals surface area contributed by atoms with Gasteiger partial charge >= 0.3 is 0 Å². The van der Waals surface area contributed by atoms with Crippen LogP contribution >= 0.6 is 0 Å². The molecular weight excluding hydrogens is 260 g/mol. The molecule has 0 aromatic heterocycles. The number of carbonyl (C=O) groups excluding carboxylic acids is 1. The van der Waals surface area contributed by atoms with Gasteiger partial charge in [0, 0.05) is 5.57 Å². The molecule has 5 heteroatoms. The van der Waals surface area contributed by atoms with Crippen molar-refractivity contribution in [2.45, 2.75) is 37.8 Å². The molecule has 1 heterocycles. The first-order valence-electron chi connectivity index (χ1n) is 6.39. The zero-order valence-corrected chi connectivity index (χ0v) is 11.4. The van der Waals surface area contributed by atoms with E-state index in [9.17, 15) is 20.1 Å². The maximum absolute atomic E-state index is 11.8. The van der Waals surface area contributed by atoms with E-state index in [1.165, 1.54) is 19.3 Å². The van der Waals surface area contributed by atoms with Crippen molar-refractivity contribution in [2.75, 3.05) is 0 Å². The Morgan fingerprint density at radius 2 is 2.00 bits per heavy atom. The number of ether oxygens (including phenoxy) is 1. The first-order valence-corrected chi connectivity index (χ1v) is 6.39. The number of carbonyl (C=O) groups is 1. The normalized spacial score (nSPS) is 37.6. The van der Waals surface area contributed by atoms with Crippen LogP contribution in [0.2, 0.25) is 0 Å². The Balaban J connectivity index is 2.33. The third kappa shape index (κ3) is 2.35. The average molecular weight is 278 g/mol. The van der Waals surface area contributed by atoms with Crippen molar-refractivity contribution in [1.29, 1.82) is 0 Å². The van der Waals surface area contributed by atoms with Gasteiger partial charge in [-0.25, -0.2) is 0 Å². The Bertz CT molecular complexity index is 524. The van der Waals surface area contributed by atoms with Crippen LogP contribution in [0.25, 0.3) is 0 Å². The van der Waals surface area contributed by atoms with Gasteiger partial charge in [-0.15, -0.1) is 0 Å². The highest BCUT2D eigenvalue weighted by molar-refractivity contribution is 6.00. The number of hydrogen-bond acceptors (Lipinski definition) is 5. The van der Waals surface area contributed by atoms with Crippen molar-refractivity contribution in [1.82, 2.24) is 0 Å². The number of aliphatic hydroxyl groups excluding tert-OH is 2. The van der Waals surface area contributed by atoms with Gasteiger partial charge in [0.2, 0.25) is 0 Å². The SMILES string of the molecule is CC=CC=C[C@H]1OC=C2C(=CC(=O)[C@@](C)(O)[C@H]2O)[C@@H]1O. The number of allylic oxidation sites excluding steroid dienone is 3. The van der Waals surface area contributed by atoms with E-state index in [1.54, 1.807) is 18.2 Å². The zero-order valence-electron chi connectivity index (χ0n) is 11.4. The maximum Gasteiger partial charge on any atom is 0.190 e. The highest BCUT2D eigenvalue weighted by Gasteiger charge is 2.47. The van der Waals surface area contributed by atoms with Crippen LogP contribution in [-0.2, 0) is 9.53 Å². The van der Waals surface area contributed by atoms with E-state index in [-0.39, 0.29) is 11.1 Å². The summed E-state index contributed by atoms with van der Waals surface area (Å²) in [6, 6.07) is 0. The highest BCUT2D eigenvalue weighted by Crippen LogP contribution is 2.36. The van der Waals surface area contributed by atoms with E-state index in [1.807, 2.05) is 13.0 Å². The summed E-state index contributed by atoms with van der Waals surface area (Å²) in [5.41, 5.74) is -1.38. The Morgan fingerprint density at radius 3 is 2.65 bits per heavy atom. The summed E-state index contributed by atoms with van der Waals surface area (Å²) in [5.74, 6) is -0.630. The fourth-order valence-electron chi connectivity index (χ4n) is 2.19. The van der Waals surface area contributed by atoms with E-state index in [0.29, 0.717) is 0 Å². The Morgan fingerprint density at radius 1 is 1.30 bits per heavy atom. The standard InChI is InChI=1S/C15H18O5/c1-3-4-5-6-11-13(17)9-7-12(16)15(2,19)14(18)10(9)8-20-11/h3-8,11,13-14,17-19H,1-2H3/t11-,13+,14+,15-/m1/s1. The lowest BCUT2D eigenvalue weighted by atomic mass is 9.77. The first-order chi connectivity index (χ1) is 9.39. The van der Waals surface area contributed by atoms with Gasteiger partial charge in [0.05, 0.1) is 6.26 Å². The second-order valence-corrected chi connectivity index (χ2v) is 5.04. The molecule has 0 saturated heterocycles. The minimum absolute atomic E-state index is 0.234. The Kier molecular flexibility index (Phi) is 3.94. The summed E-state index contributed by atoms with van der Waals surface area (Å²) >= 11 is 0. The lowest BCUT2D eigenvalue weighted by Gasteiger charge is -2.38. The smallest absolute Gasteiger partial charge is 0.190 e. The van der Waals surface area contributed by atoms with Gasteiger partial charge in [0.25, 0.3) is 0 Å². The molecule has 5 nitrogen and oxygen atoms in total. The Labute approximate surface area is 117 Å². The van der Waals surface area contributed by atoms with Gasteiger partial charge in [0.1, 0.15) is 18.3 Å². The second-order valence-electron chi connectivity index (χ2n) is 5.04. The molecule has 0 amide bonds. The molecule has 1 aliphatic carbocycles. The van der Waals surface area contributed by atoms with Crippen LogP contribution in [0.1, 0.15) is 13.8 Å². The minimum Gasteiger partial charge on any atom is -0.490 e. The minimum atomic E-state index is -1.90. The van der Waals surface area contributed by atoms with E-state index in [2.05, 4.69) is 0 Å². The third-order valence-electron chi connectivity index (χ3n) is 3.53. The van der Waals surface area contributed by atoms with Crippen molar-refractivity contribution in [3.63, 3.8) is 0 Å². The molecule has 2 rings (SSSR count). The van der Waals surface area contributed by atoms with Gasteiger partial charge in [-0.3, -0.25) is 4.79 Å². The van der Waals surface area contributed by atoms with Crippen molar-refractivity contribution in [3.05, 3.63) is 47.8 Å². The number of rotatable bonds is 2. The molecule has 0 bridgehead atoms. The quantitative estimate of drug-likeness (QED) is 0.636. The monoisotopic (exact) mass is 278 g/mol. The molecule has 108 valence electrons. The van der Waals surface area contributed by atoms with E-state index < -0.39 is 29.7 Å². The predicted molar refractivity (Wildman–Crippen MR) is 72.6 cm³/mol. The van der Waals surface area contributed by atoms with E-state index >= 15 is 0 Å². The van der Waals surface area contributed by atoms with E-state index in [4.69, 9.17) is 4.74 Å². The fourth-order valence-corrected chi connectivity index (χ4v) is 2.19. The molecule has 3 N–H and O–H groups in total. The lowest BCUT2D eigenvalue weighted by Crippen LogP contribution is -2.52. The van der Waals surface area contributed by atoms with Crippen molar-refractivity contribution >= 4 is 5.78 Å². The summed E-state index contributed by atoms with van der Waals surface area (Å²) in [5, 5.41) is 30.2. The second kappa shape index (κ2) is 5.36. The number of hydrogen-bond donors (Lipinski definition) is 3. The molecule has 2 aliphatic rings. The zero-order chi connectivity index (χ0) is 14.9. The maximum atomic E-state index is 11.8. The third-order valence-corrected chi connectivity index (χ3v) is 3.53. The summed E-state index contributed by atoms with van der Waals surface area (Å²) < 4.78 is 5.35. The lowest BCUT2D eigenvalue weighted by molar-refractivity contribution is -0.141. The topological polar surface area (TPSA) is 87.0 Å². The van der Waals surface area contributed by atoms with E-state index in [0.717, 1.165) is 0 Å². The predicted octanol–water partition coefficient (Wildman–Crippen LogP) is 0.383. The van der Waals surface area contributed by atoms with Crippen LogP contribution in [0.4, 0.5) is 0 Å². The average Bonchev–Trinajstić information content (AvgIpc) is 2.40. The van der Waals surface area contributed by atoms with Gasteiger partial charge in [-0.1, -0.05) is 18.2 Å². The molecule has 0 radical (unpaired) electrons. The fraction of sp³-hybridized carbons (Fsp3) is 0.400. The summed E-state index contributed by atoms with van der Waals surface area (Å²) in [7, 11) is 0. The van der Waals surface area contributed by atoms with Crippen LogP contribution in [-0.4, -0.2) is 45.0 Å². The van der Waals surface area contributed by atoms with Crippen LogP contribution < -0.4 is 0 Å².